The molecule has 2 N–H and O–H groups in total. The van der Waals surface area contributed by atoms with Crippen molar-refractivity contribution < 1.29 is 4.79 Å². The Balaban J connectivity index is 2.60. The highest BCUT2D eigenvalue weighted by Gasteiger charge is 2.25. The second kappa shape index (κ2) is 6.04. The summed E-state index contributed by atoms with van der Waals surface area (Å²) in [7, 11) is 0. The number of allylic oxidation sites excluding steroid dienone is 1. The monoisotopic (exact) mass is 224 g/mol. The largest absolute Gasteiger partial charge is 0.339 e. The molecule has 0 unspecified atom stereocenters. The van der Waals surface area contributed by atoms with Crippen LogP contribution < -0.4 is 5.73 Å². The van der Waals surface area contributed by atoms with Crippen LogP contribution in [0.15, 0.2) is 11.6 Å². The first kappa shape index (κ1) is 13.2. The summed E-state index contributed by atoms with van der Waals surface area (Å²) < 4.78 is 0. The van der Waals surface area contributed by atoms with Gasteiger partial charge in [-0.3, -0.25) is 4.79 Å². The van der Waals surface area contributed by atoms with E-state index in [0.29, 0.717) is 5.92 Å². The molecule has 1 heterocycles. The van der Waals surface area contributed by atoms with Crippen LogP contribution in [0, 0.1) is 5.92 Å². The number of amides is 1. The van der Waals surface area contributed by atoms with Gasteiger partial charge in [0.15, 0.2) is 0 Å². The van der Waals surface area contributed by atoms with Crippen molar-refractivity contribution in [3.05, 3.63) is 11.6 Å². The van der Waals surface area contributed by atoms with Crippen molar-refractivity contribution in [3.8, 4) is 0 Å². The Hall–Kier alpha value is -0.830. The highest BCUT2D eigenvalue weighted by molar-refractivity contribution is 5.92. The Morgan fingerprint density at radius 2 is 2.31 bits per heavy atom. The van der Waals surface area contributed by atoms with Crippen LogP contribution in [0.5, 0.6) is 0 Å². The number of nitrogens with two attached hydrogens (primary N) is 1. The van der Waals surface area contributed by atoms with E-state index in [1.807, 2.05) is 24.8 Å². The Labute approximate surface area is 98.7 Å². The minimum Gasteiger partial charge on any atom is -0.339 e. The maximum Gasteiger partial charge on any atom is 0.249 e. The van der Waals surface area contributed by atoms with Gasteiger partial charge in [0.25, 0.3) is 0 Å². The molecule has 2 atom stereocenters. The molecular formula is C13H24N2O. The van der Waals surface area contributed by atoms with Gasteiger partial charge in [0.05, 0.1) is 0 Å². The first-order valence-electron chi connectivity index (χ1n) is 6.27. The lowest BCUT2D eigenvalue weighted by molar-refractivity contribution is -0.129. The lowest BCUT2D eigenvalue weighted by Gasteiger charge is -2.34. The Morgan fingerprint density at radius 3 is 2.88 bits per heavy atom. The first-order chi connectivity index (χ1) is 7.56. The molecule has 0 saturated carbocycles. The minimum atomic E-state index is 0.186. The quantitative estimate of drug-likeness (QED) is 0.745. The summed E-state index contributed by atoms with van der Waals surface area (Å²) in [6.07, 6.45) is 5.15. The standard InChI is InChI=1S/C13H24N2O/c1-4-6-10(2)13(16)15-8-5-7-12(9-15)11(3)14/h6,11-12H,4-5,7-9,14H2,1-3H3/b10-6-/t11-,12+/m0/s1. The summed E-state index contributed by atoms with van der Waals surface area (Å²) in [5.41, 5.74) is 6.78. The van der Waals surface area contributed by atoms with Crippen molar-refractivity contribution in [2.75, 3.05) is 13.1 Å². The van der Waals surface area contributed by atoms with Gasteiger partial charge in [-0.15, -0.1) is 0 Å². The van der Waals surface area contributed by atoms with Crippen molar-refractivity contribution in [3.63, 3.8) is 0 Å². The number of carbonyl (C=O) groups excluding carboxylic acids is 1. The molecule has 1 aliphatic rings. The fraction of sp³-hybridized carbons (Fsp3) is 0.769. The molecule has 16 heavy (non-hydrogen) atoms. The van der Waals surface area contributed by atoms with Gasteiger partial charge in [-0.05, 0) is 39.0 Å². The fourth-order valence-corrected chi connectivity index (χ4v) is 2.27. The molecule has 3 heteroatoms. The zero-order valence-electron chi connectivity index (χ0n) is 10.7. The van der Waals surface area contributed by atoms with E-state index in [2.05, 4.69) is 6.92 Å². The lowest BCUT2D eigenvalue weighted by atomic mass is 9.92. The van der Waals surface area contributed by atoms with Crippen LogP contribution in [0.25, 0.3) is 0 Å². The molecule has 0 spiro atoms. The average Bonchev–Trinajstić information content (AvgIpc) is 2.28. The van der Waals surface area contributed by atoms with E-state index in [4.69, 9.17) is 5.73 Å². The number of rotatable bonds is 3. The van der Waals surface area contributed by atoms with Gasteiger partial charge in [-0.1, -0.05) is 13.0 Å². The normalized spacial score (nSPS) is 24.4. The summed E-state index contributed by atoms with van der Waals surface area (Å²) >= 11 is 0. The molecule has 0 aromatic carbocycles. The van der Waals surface area contributed by atoms with Crippen LogP contribution in [-0.4, -0.2) is 29.9 Å². The van der Waals surface area contributed by atoms with Crippen molar-refractivity contribution in [1.29, 1.82) is 0 Å². The Morgan fingerprint density at radius 1 is 1.62 bits per heavy atom. The van der Waals surface area contributed by atoms with Crippen LogP contribution >= 0.6 is 0 Å². The molecule has 1 fully saturated rings. The third-order valence-electron chi connectivity index (χ3n) is 3.34. The van der Waals surface area contributed by atoms with E-state index in [-0.39, 0.29) is 11.9 Å². The van der Waals surface area contributed by atoms with E-state index in [9.17, 15) is 4.79 Å². The van der Waals surface area contributed by atoms with Crippen molar-refractivity contribution in [2.24, 2.45) is 11.7 Å². The van der Waals surface area contributed by atoms with E-state index in [1.54, 1.807) is 0 Å². The van der Waals surface area contributed by atoms with E-state index < -0.39 is 0 Å². The second-order valence-electron chi connectivity index (χ2n) is 4.81. The first-order valence-corrected chi connectivity index (χ1v) is 6.27. The fourth-order valence-electron chi connectivity index (χ4n) is 2.27. The van der Waals surface area contributed by atoms with E-state index in [0.717, 1.165) is 37.9 Å². The van der Waals surface area contributed by atoms with Crippen molar-refractivity contribution in [2.45, 2.75) is 46.1 Å². The van der Waals surface area contributed by atoms with Crippen LogP contribution in [0.1, 0.15) is 40.0 Å². The second-order valence-corrected chi connectivity index (χ2v) is 4.81. The van der Waals surface area contributed by atoms with Crippen LogP contribution in [-0.2, 0) is 4.79 Å². The third-order valence-corrected chi connectivity index (χ3v) is 3.34. The molecule has 3 nitrogen and oxygen atoms in total. The topological polar surface area (TPSA) is 46.3 Å². The summed E-state index contributed by atoms with van der Waals surface area (Å²) in [5, 5.41) is 0. The predicted octanol–water partition coefficient (Wildman–Crippen LogP) is 1.93. The maximum atomic E-state index is 12.1. The number of hydrogen-bond donors (Lipinski definition) is 1. The maximum absolute atomic E-state index is 12.1. The number of hydrogen-bond acceptors (Lipinski definition) is 2. The zero-order valence-corrected chi connectivity index (χ0v) is 10.7. The number of nitrogens with zero attached hydrogens (tertiary/aromatic N) is 1. The summed E-state index contributed by atoms with van der Waals surface area (Å²) in [4.78, 5) is 14.0. The summed E-state index contributed by atoms with van der Waals surface area (Å²) in [5.74, 6) is 0.652. The van der Waals surface area contributed by atoms with Gasteiger partial charge in [-0.25, -0.2) is 0 Å². The molecule has 1 rings (SSSR count). The van der Waals surface area contributed by atoms with E-state index in [1.165, 1.54) is 0 Å². The average molecular weight is 224 g/mol. The molecule has 1 amide bonds. The van der Waals surface area contributed by atoms with Gasteiger partial charge in [0, 0.05) is 24.7 Å². The van der Waals surface area contributed by atoms with E-state index >= 15 is 0 Å². The molecule has 0 aromatic heterocycles. The summed E-state index contributed by atoms with van der Waals surface area (Å²) in [6, 6.07) is 0.186. The van der Waals surface area contributed by atoms with Crippen LogP contribution in [0.2, 0.25) is 0 Å². The molecule has 0 aromatic rings. The number of carbonyl (C=O) groups is 1. The minimum absolute atomic E-state index is 0.186. The van der Waals surface area contributed by atoms with Gasteiger partial charge in [0.1, 0.15) is 0 Å². The van der Waals surface area contributed by atoms with Crippen LogP contribution in [0.4, 0.5) is 0 Å². The van der Waals surface area contributed by atoms with Gasteiger partial charge in [0.2, 0.25) is 5.91 Å². The van der Waals surface area contributed by atoms with Crippen LogP contribution in [0.3, 0.4) is 0 Å². The molecule has 1 saturated heterocycles. The Bertz CT molecular complexity index is 271. The highest BCUT2D eigenvalue weighted by atomic mass is 16.2. The Kier molecular flexibility index (Phi) is 5.00. The van der Waals surface area contributed by atoms with Crippen molar-refractivity contribution in [1.82, 2.24) is 4.90 Å². The lowest BCUT2D eigenvalue weighted by Crippen LogP contribution is -2.45. The molecule has 1 aliphatic heterocycles. The SMILES string of the molecule is CC/C=C(/C)C(=O)N1CCC[C@@H]([C@H](C)N)C1. The zero-order chi connectivity index (χ0) is 12.1. The third kappa shape index (κ3) is 3.34. The molecule has 0 radical (unpaired) electrons. The number of piperidine rings is 1. The molecule has 92 valence electrons. The predicted molar refractivity (Wildman–Crippen MR) is 67.0 cm³/mol. The van der Waals surface area contributed by atoms with Gasteiger partial charge in [-0.2, -0.15) is 0 Å². The number of likely N-dealkylation sites (tertiary alicyclic amines) is 1. The summed E-state index contributed by atoms with van der Waals surface area (Å²) in [6.45, 7) is 7.70. The highest BCUT2D eigenvalue weighted by Crippen LogP contribution is 2.20. The molecule has 0 aliphatic carbocycles. The molecule has 0 bridgehead atoms. The van der Waals surface area contributed by atoms with Gasteiger partial charge >= 0.3 is 0 Å². The smallest absolute Gasteiger partial charge is 0.249 e. The molecular weight excluding hydrogens is 200 g/mol. The van der Waals surface area contributed by atoms with Crippen molar-refractivity contribution >= 4 is 5.91 Å². The van der Waals surface area contributed by atoms with Gasteiger partial charge < -0.3 is 10.6 Å².